The fraction of sp³-hybridized carbons (Fsp3) is 0.200. The summed E-state index contributed by atoms with van der Waals surface area (Å²) in [4.78, 5) is 4.21. The summed E-state index contributed by atoms with van der Waals surface area (Å²) in [6, 6.07) is 9.85. The van der Waals surface area contributed by atoms with E-state index in [1.165, 1.54) is 6.07 Å². The normalized spacial score (nSPS) is 10.1. The zero-order chi connectivity index (χ0) is 14.4. The Morgan fingerprint density at radius 3 is 2.80 bits per heavy atom. The van der Waals surface area contributed by atoms with Gasteiger partial charge >= 0.3 is 0 Å². The van der Waals surface area contributed by atoms with Crippen LogP contribution in [0.4, 0.5) is 4.39 Å². The zero-order valence-corrected chi connectivity index (χ0v) is 11.1. The van der Waals surface area contributed by atoms with Crippen molar-refractivity contribution in [1.29, 1.82) is 5.26 Å². The van der Waals surface area contributed by atoms with Gasteiger partial charge < -0.3 is 10.1 Å². The largest absolute Gasteiger partial charge is 0.487 e. The maximum absolute atomic E-state index is 13.6. The summed E-state index contributed by atoms with van der Waals surface area (Å²) < 4.78 is 19.1. The molecule has 4 nitrogen and oxygen atoms in total. The van der Waals surface area contributed by atoms with Crippen LogP contribution in [0.1, 0.15) is 16.8 Å². The number of nitriles is 1. The van der Waals surface area contributed by atoms with Crippen molar-refractivity contribution in [3.63, 3.8) is 0 Å². The first-order valence-electron chi connectivity index (χ1n) is 6.14. The highest BCUT2D eigenvalue weighted by Crippen LogP contribution is 2.15. The SMILES string of the molecule is CNCc1ccc(OCc2ccc(C#N)cc2F)cn1. The summed E-state index contributed by atoms with van der Waals surface area (Å²) in [6.07, 6.45) is 1.61. The number of pyridine rings is 1. The quantitative estimate of drug-likeness (QED) is 0.907. The van der Waals surface area contributed by atoms with Gasteiger partial charge in [0.15, 0.2) is 0 Å². The summed E-state index contributed by atoms with van der Waals surface area (Å²) >= 11 is 0. The van der Waals surface area contributed by atoms with Gasteiger partial charge in [-0.05, 0) is 31.3 Å². The Morgan fingerprint density at radius 1 is 1.35 bits per heavy atom. The highest BCUT2D eigenvalue weighted by molar-refractivity contribution is 5.33. The summed E-state index contributed by atoms with van der Waals surface area (Å²) in [5.74, 6) is 0.137. The molecular formula is C15H14FN3O. The van der Waals surface area contributed by atoms with Gasteiger partial charge in [0, 0.05) is 12.1 Å². The molecule has 0 fully saturated rings. The van der Waals surface area contributed by atoms with Gasteiger partial charge in [-0.15, -0.1) is 0 Å². The fourth-order valence-electron chi connectivity index (χ4n) is 1.68. The van der Waals surface area contributed by atoms with Crippen molar-refractivity contribution in [2.45, 2.75) is 13.2 Å². The van der Waals surface area contributed by atoms with Crippen LogP contribution >= 0.6 is 0 Å². The molecule has 0 spiro atoms. The third kappa shape index (κ3) is 3.53. The van der Waals surface area contributed by atoms with E-state index in [0.29, 0.717) is 23.4 Å². The van der Waals surface area contributed by atoms with E-state index in [1.54, 1.807) is 24.4 Å². The number of nitrogens with one attached hydrogen (secondary N) is 1. The first-order chi connectivity index (χ1) is 9.72. The van der Waals surface area contributed by atoms with Gasteiger partial charge in [-0.2, -0.15) is 5.26 Å². The molecule has 5 heteroatoms. The number of aromatic nitrogens is 1. The first-order valence-corrected chi connectivity index (χ1v) is 6.14. The number of hydrogen-bond donors (Lipinski definition) is 1. The van der Waals surface area contributed by atoms with E-state index in [0.717, 1.165) is 5.69 Å². The number of benzene rings is 1. The van der Waals surface area contributed by atoms with Crippen molar-refractivity contribution >= 4 is 0 Å². The Hall–Kier alpha value is -2.45. The van der Waals surface area contributed by atoms with Crippen LogP contribution in [0.15, 0.2) is 36.5 Å². The van der Waals surface area contributed by atoms with Crippen LogP contribution in [0.5, 0.6) is 5.75 Å². The van der Waals surface area contributed by atoms with Gasteiger partial charge in [0.1, 0.15) is 18.2 Å². The minimum atomic E-state index is -0.441. The Balaban J connectivity index is 2.00. The molecule has 1 aromatic heterocycles. The third-order valence-corrected chi connectivity index (χ3v) is 2.73. The lowest BCUT2D eigenvalue weighted by molar-refractivity contribution is 0.298. The first kappa shape index (κ1) is 14.0. The predicted octanol–water partition coefficient (Wildman–Crippen LogP) is 2.39. The molecule has 0 saturated carbocycles. The summed E-state index contributed by atoms with van der Waals surface area (Å²) in [5.41, 5.74) is 1.61. The van der Waals surface area contributed by atoms with Crippen LogP contribution in [0, 0.1) is 17.1 Å². The number of hydrogen-bond acceptors (Lipinski definition) is 4. The summed E-state index contributed by atoms with van der Waals surface area (Å²) in [7, 11) is 1.85. The number of nitrogens with zero attached hydrogens (tertiary/aromatic N) is 2. The van der Waals surface area contributed by atoms with Gasteiger partial charge in [0.2, 0.25) is 0 Å². The Bertz CT molecular complexity index is 620. The van der Waals surface area contributed by atoms with E-state index in [2.05, 4.69) is 10.3 Å². The second-order valence-corrected chi connectivity index (χ2v) is 4.22. The molecule has 0 aliphatic heterocycles. The lowest BCUT2D eigenvalue weighted by Crippen LogP contribution is -2.06. The molecule has 0 amide bonds. The number of rotatable bonds is 5. The summed E-state index contributed by atoms with van der Waals surface area (Å²) in [5, 5.41) is 11.7. The van der Waals surface area contributed by atoms with Crippen LogP contribution < -0.4 is 10.1 Å². The number of ether oxygens (including phenoxy) is 1. The monoisotopic (exact) mass is 271 g/mol. The van der Waals surface area contributed by atoms with E-state index in [9.17, 15) is 4.39 Å². The van der Waals surface area contributed by atoms with E-state index < -0.39 is 5.82 Å². The van der Waals surface area contributed by atoms with Crippen molar-refractivity contribution < 1.29 is 9.13 Å². The molecule has 1 heterocycles. The lowest BCUT2D eigenvalue weighted by atomic mass is 10.1. The molecule has 20 heavy (non-hydrogen) atoms. The third-order valence-electron chi connectivity index (χ3n) is 2.73. The van der Waals surface area contributed by atoms with Crippen molar-refractivity contribution in [2.75, 3.05) is 7.05 Å². The van der Waals surface area contributed by atoms with E-state index in [-0.39, 0.29) is 6.61 Å². The highest BCUT2D eigenvalue weighted by atomic mass is 19.1. The molecule has 0 saturated heterocycles. The standard InChI is InChI=1S/C15H14FN3O/c1-18-8-13-4-5-14(9-19-13)20-10-12-3-2-11(7-17)6-15(12)16/h2-6,9,18H,8,10H2,1H3. The molecule has 102 valence electrons. The van der Waals surface area contributed by atoms with Gasteiger partial charge in [-0.25, -0.2) is 4.39 Å². The lowest BCUT2D eigenvalue weighted by Gasteiger charge is -2.07. The van der Waals surface area contributed by atoms with Gasteiger partial charge in [0.25, 0.3) is 0 Å². The Kier molecular flexibility index (Phi) is 4.64. The highest BCUT2D eigenvalue weighted by Gasteiger charge is 2.05. The van der Waals surface area contributed by atoms with Crippen LogP contribution in [0.2, 0.25) is 0 Å². The molecule has 0 aliphatic rings. The average molecular weight is 271 g/mol. The van der Waals surface area contributed by atoms with Gasteiger partial charge in [-0.3, -0.25) is 4.98 Å². The van der Waals surface area contributed by atoms with Crippen molar-refractivity contribution in [3.05, 3.63) is 59.2 Å². The molecular weight excluding hydrogens is 257 g/mol. The second kappa shape index (κ2) is 6.64. The summed E-state index contributed by atoms with van der Waals surface area (Å²) in [6.45, 7) is 0.787. The molecule has 2 rings (SSSR count). The molecule has 0 aliphatic carbocycles. The van der Waals surface area contributed by atoms with Crippen molar-refractivity contribution in [3.8, 4) is 11.8 Å². The average Bonchev–Trinajstić information content (AvgIpc) is 2.48. The Morgan fingerprint density at radius 2 is 2.20 bits per heavy atom. The van der Waals surface area contributed by atoms with Crippen LogP contribution in [0.25, 0.3) is 0 Å². The minimum Gasteiger partial charge on any atom is -0.487 e. The molecule has 0 unspecified atom stereocenters. The predicted molar refractivity (Wildman–Crippen MR) is 72.4 cm³/mol. The van der Waals surface area contributed by atoms with Crippen LogP contribution in [-0.4, -0.2) is 12.0 Å². The topological polar surface area (TPSA) is 57.9 Å². The number of halogens is 1. The molecule has 0 radical (unpaired) electrons. The smallest absolute Gasteiger partial charge is 0.138 e. The van der Waals surface area contributed by atoms with Crippen LogP contribution in [-0.2, 0) is 13.2 Å². The molecule has 2 aromatic rings. The maximum Gasteiger partial charge on any atom is 0.138 e. The van der Waals surface area contributed by atoms with E-state index in [1.807, 2.05) is 19.2 Å². The Labute approximate surface area is 116 Å². The van der Waals surface area contributed by atoms with Gasteiger partial charge in [0.05, 0.1) is 23.5 Å². The van der Waals surface area contributed by atoms with Crippen LogP contribution in [0.3, 0.4) is 0 Å². The molecule has 0 atom stereocenters. The van der Waals surface area contributed by atoms with Crippen molar-refractivity contribution in [2.24, 2.45) is 0 Å². The fourth-order valence-corrected chi connectivity index (χ4v) is 1.68. The maximum atomic E-state index is 13.6. The van der Waals surface area contributed by atoms with Gasteiger partial charge in [-0.1, -0.05) is 6.07 Å². The van der Waals surface area contributed by atoms with Crippen molar-refractivity contribution in [1.82, 2.24) is 10.3 Å². The minimum absolute atomic E-state index is 0.102. The molecule has 1 aromatic carbocycles. The van der Waals surface area contributed by atoms with E-state index >= 15 is 0 Å². The second-order valence-electron chi connectivity index (χ2n) is 4.22. The van der Waals surface area contributed by atoms with E-state index in [4.69, 9.17) is 10.00 Å². The molecule has 0 bridgehead atoms. The molecule has 1 N–H and O–H groups in total. The zero-order valence-electron chi connectivity index (χ0n) is 11.1.